The molecule has 0 amide bonds. The Morgan fingerprint density at radius 2 is 1.95 bits per heavy atom. The lowest BCUT2D eigenvalue weighted by atomic mass is 9.87. The molecule has 0 radical (unpaired) electrons. The molecule has 1 aliphatic carbocycles. The fourth-order valence-electron chi connectivity index (χ4n) is 2.98. The van der Waals surface area contributed by atoms with Gasteiger partial charge in [0.05, 0.1) is 7.11 Å². The first kappa shape index (κ1) is 13.2. The van der Waals surface area contributed by atoms with Crippen molar-refractivity contribution < 1.29 is 4.74 Å². The maximum absolute atomic E-state index is 5.50. The van der Waals surface area contributed by atoms with Gasteiger partial charge in [0.1, 0.15) is 5.75 Å². The third-order valence-corrected chi connectivity index (χ3v) is 4.10. The molecule has 1 aliphatic rings. The number of nitrogens with one attached hydrogen (secondary N) is 1. The van der Waals surface area contributed by atoms with E-state index < -0.39 is 0 Å². The highest BCUT2D eigenvalue weighted by Crippen LogP contribution is 2.29. The van der Waals surface area contributed by atoms with Crippen LogP contribution < -0.4 is 10.1 Å². The second-order valence-corrected chi connectivity index (χ2v) is 5.40. The van der Waals surface area contributed by atoms with Gasteiger partial charge in [-0.1, -0.05) is 42.5 Å². The molecule has 2 heteroatoms. The van der Waals surface area contributed by atoms with Gasteiger partial charge in [0, 0.05) is 12.6 Å². The second-order valence-electron chi connectivity index (χ2n) is 5.40. The molecule has 2 nitrogen and oxygen atoms in total. The van der Waals surface area contributed by atoms with E-state index in [1.165, 1.54) is 23.1 Å². The first-order chi connectivity index (χ1) is 9.86. The number of rotatable bonds is 4. The molecule has 0 aliphatic heterocycles. The Morgan fingerprint density at radius 3 is 2.75 bits per heavy atom. The highest BCUT2D eigenvalue weighted by molar-refractivity contribution is 5.42. The Hall–Kier alpha value is -1.80. The van der Waals surface area contributed by atoms with E-state index in [-0.39, 0.29) is 0 Å². The van der Waals surface area contributed by atoms with Gasteiger partial charge in [0.2, 0.25) is 0 Å². The summed E-state index contributed by atoms with van der Waals surface area (Å²) in [6.07, 6.45) is 3.40. The fourth-order valence-corrected chi connectivity index (χ4v) is 2.98. The lowest BCUT2D eigenvalue weighted by Crippen LogP contribution is -2.34. The van der Waals surface area contributed by atoms with Crippen LogP contribution in [-0.2, 0) is 19.4 Å². The van der Waals surface area contributed by atoms with Gasteiger partial charge in [0.15, 0.2) is 0 Å². The van der Waals surface area contributed by atoms with Gasteiger partial charge >= 0.3 is 0 Å². The first-order valence-corrected chi connectivity index (χ1v) is 7.29. The van der Waals surface area contributed by atoms with E-state index >= 15 is 0 Å². The summed E-state index contributed by atoms with van der Waals surface area (Å²) in [5, 5.41) is 3.67. The van der Waals surface area contributed by atoms with Crippen LogP contribution in [0.3, 0.4) is 0 Å². The van der Waals surface area contributed by atoms with Crippen LogP contribution in [0.25, 0.3) is 0 Å². The van der Waals surface area contributed by atoms with Gasteiger partial charge in [-0.15, -0.1) is 0 Å². The van der Waals surface area contributed by atoms with Crippen molar-refractivity contribution in [3.05, 3.63) is 65.2 Å². The van der Waals surface area contributed by atoms with Crippen molar-refractivity contribution in [1.82, 2.24) is 5.32 Å². The van der Waals surface area contributed by atoms with Gasteiger partial charge in [-0.25, -0.2) is 0 Å². The molecular formula is C18H21NO. The standard InChI is InChI=1S/C18H21NO/c1-20-18-9-5-8-15-10-11-16(12-17(15)18)19-13-14-6-3-2-4-7-14/h2-9,16,19H,10-13H2,1H3/t16-/m1/s1. The number of fused-ring (bicyclic) bond motifs is 1. The van der Waals surface area contributed by atoms with Crippen molar-refractivity contribution in [2.75, 3.05) is 7.11 Å². The summed E-state index contributed by atoms with van der Waals surface area (Å²) in [6, 6.07) is 17.5. The molecule has 20 heavy (non-hydrogen) atoms. The van der Waals surface area contributed by atoms with Crippen molar-refractivity contribution in [2.45, 2.75) is 31.8 Å². The zero-order chi connectivity index (χ0) is 13.8. The molecule has 3 rings (SSSR count). The monoisotopic (exact) mass is 267 g/mol. The Bertz CT molecular complexity index is 551. The van der Waals surface area contributed by atoms with Crippen molar-refractivity contribution in [3.63, 3.8) is 0 Å². The van der Waals surface area contributed by atoms with E-state index in [2.05, 4.69) is 53.8 Å². The highest BCUT2D eigenvalue weighted by Gasteiger charge is 2.20. The van der Waals surface area contributed by atoms with E-state index in [9.17, 15) is 0 Å². The van der Waals surface area contributed by atoms with E-state index in [1.54, 1.807) is 7.11 Å². The lowest BCUT2D eigenvalue weighted by molar-refractivity contribution is 0.393. The molecule has 1 N–H and O–H groups in total. The van der Waals surface area contributed by atoms with Gasteiger partial charge in [0.25, 0.3) is 0 Å². The van der Waals surface area contributed by atoms with E-state index in [0.29, 0.717) is 6.04 Å². The van der Waals surface area contributed by atoms with Crippen molar-refractivity contribution in [1.29, 1.82) is 0 Å². The summed E-state index contributed by atoms with van der Waals surface area (Å²) in [7, 11) is 1.76. The van der Waals surface area contributed by atoms with Crippen LogP contribution in [0.2, 0.25) is 0 Å². The molecule has 0 bridgehead atoms. The Kier molecular flexibility index (Phi) is 4.03. The van der Waals surface area contributed by atoms with Crippen LogP contribution in [0.1, 0.15) is 23.1 Å². The number of hydrogen-bond acceptors (Lipinski definition) is 2. The predicted octanol–water partition coefficient (Wildman–Crippen LogP) is 3.34. The molecule has 0 aromatic heterocycles. The first-order valence-electron chi connectivity index (χ1n) is 7.29. The minimum absolute atomic E-state index is 0.541. The van der Waals surface area contributed by atoms with E-state index in [1.807, 2.05) is 0 Å². The summed E-state index contributed by atoms with van der Waals surface area (Å²) < 4.78 is 5.50. The molecule has 2 aromatic carbocycles. The largest absolute Gasteiger partial charge is 0.496 e. The summed E-state index contributed by atoms with van der Waals surface area (Å²) in [5.74, 6) is 1.04. The third-order valence-electron chi connectivity index (χ3n) is 4.10. The molecule has 0 fully saturated rings. The lowest BCUT2D eigenvalue weighted by Gasteiger charge is -2.27. The van der Waals surface area contributed by atoms with Crippen LogP contribution in [0.5, 0.6) is 5.75 Å². The average Bonchev–Trinajstić information content (AvgIpc) is 2.53. The predicted molar refractivity (Wildman–Crippen MR) is 82.1 cm³/mol. The summed E-state index contributed by atoms with van der Waals surface area (Å²) >= 11 is 0. The number of ether oxygens (including phenoxy) is 1. The highest BCUT2D eigenvalue weighted by atomic mass is 16.5. The summed E-state index contributed by atoms with van der Waals surface area (Å²) in [5.41, 5.74) is 4.17. The van der Waals surface area contributed by atoms with Crippen molar-refractivity contribution >= 4 is 0 Å². The Morgan fingerprint density at radius 1 is 1.10 bits per heavy atom. The molecule has 0 saturated heterocycles. The van der Waals surface area contributed by atoms with Crippen molar-refractivity contribution in [3.8, 4) is 5.75 Å². The van der Waals surface area contributed by atoms with Crippen LogP contribution >= 0.6 is 0 Å². The number of hydrogen-bond donors (Lipinski definition) is 1. The molecular weight excluding hydrogens is 246 g/mol. The normalized spacial score (nSPS) is 17.6. The Labute approximate surface area is 120 Å². The average molecular weight is 267 g/mol. The fraction of sp³-hybridized carbons (Fsp3) is 0.333. The summed E-state index contributed by atoms with van der Waals surface area (Å²) in [6.45, 7) is 0.940. The maximum atomic E-state index is 5.50. The zero-order valence-corrected chi connectivity index (χ0v) is 11.9. The molecule has 0 unspecified atom stereocenters. The molecule has 104 valence electrons. The number of aryl methyl sites for hydroxylation is 1. The molecule has 2 aromatic rings. The smallest absolute Gasteiger partial charge is 0.122 e. The van der Waals surface area contributed by atoms with E-state index in [4.69, 9.17) is 4.74 Å². The van der Waals surface area contributed by atoms with Gasteiger partial charge < -0.3 is 10.1 Å². The van der Waals surface area contributed by atoms with Crippen LogP contribution in [0.15, 0.2) is 48.5 Å². The number of methoxy groups -OCH3 is 1. The quantitative estimate of drug-likeness (QED) is 0.917. The van der Waals surface area contributed by atoms with Crippen LogP contribution in [-0.4, -0.2) is 13.2 Å². The minimum Gasteiger partial charge on any atom is -0.496 e. The van der Waals surface area contributed by atoms with Crippen molar-refractivity contribution in [2.24, 2.45) is 0 Å². The Balaban J connectivity index is 1.66. The van der Waals surface area contributed by atoms with Gasteiger partial charge in [-0.05, 0) is 42.0 Å². The molecule has 1 atom stereocenters. The minimum atomic E-state index is 0.541. The summed E-state index contributed by atoms with van der Waals surface area (Å²) in [4.78, 5) is 0. The second kappa shape index (κ2) is 6.10. The maximum Gasteiger partial charge on any atom is 0.122 e. The SMILES string of the molecule is COc1cccc2c1C[C@H](NCc1ccccc1)CC2. The van der Waals surface area contributed by atoms with Gasteiger partial charge in [-0.3, -0.25) is 0 Å². The third kappa shape index (κ3) is 2.86. The van der Waals surface area contributed by atoms with Gasteiger partial charge in [-0.2, -0.15) is 0 Å². The van der Waals surface area contributed by atoms with E-state index in [0.717, 1.165) is 25.1 Å². The van der Waals surface area contributed by atoms with Crippen LogP contribution in [0.4, 0.5) is 0 Å². The molecule has 0 heterocycles. The number of benzene rings is 2. The zero-order valence-electron chi connectivity index (χ0n) is 11.9. The van der Waals surface area contributed by atoms with Crippen LogP contribution in [0, 0.1) is 0 Å². The topological polar surface area (TPSA) is 21.3 Å². The molecule has 0 spiro atoms. The molecule has 0 saturated carbocycles.